The van der Waals surface area contributed by atoms with Gasteiger partial charge < -0.3 is 15.0 Å². The van der Waals surface area contributed by atoms with Gasteiger partial charge in [-0.15, -0.1) is 0 Å². The highest BCUT2D eigenvalue weighted by Gasteiger charge is 2.26. The monoisotopic (exact) mass is 353 g/mol. The molecular formula is C19H23N5O2. The van der Waals surface area contributed by atoms with Crippen LogP contribution in [-0.2, 0) is 11.2 Å². The number of nitrogens with one attached hydrogen (secondary N) is 3. The smallest absolute Gasteiger partial charge is 0.267 e. The fourth-order valence-corrected chi connectivity index (χ4v) is 3.69. The minimum absolute atomic E-state index is 0.0110. The van der Waals surface area contributed by atoms with Crippen LogP contribution in [0.15, 0.2) is 23.0 Å². The number of amides is 1. The van der Waals surface area contributed by atoms with Crippen LogP contribution in [0, 0.1) is 13.8 Å². The number of piperidine rings is 1. The molecule has 3 heterocycles. The zero-order chi connectivity index (χ0) is 18.3. The lowest BCUT2D eigenvalue weighted by atomic mass is 9.95. The minimum Gasteiger partial charge on any atom is -0.342 e. The molecule has 26 heavy (non-hydrogen) atoms. The van der Waals surface area contributed by atoms with E-state index in [2.05, 4.69) is 34.2 Å². The molecule has 136 valence electrons. The van der Waals surface area contributed by atoms with Crippen LogP contribution in [-0.4, -0.2) is 44.1 Å². The quantitative estimate of drug-likeness (QED) is 0.673. The number of fused-ring (bicyclic) bond motifs is 1. The number of H-pyrrole nitrogens is 3. The van der Waals surface area contributed by atoms with E-state index >= 15 is 0 Å². The number of carbonyl (C=O) groups excluding carboxylic acids is 1. The van der Waals surface area contributed by atoms with Crippen molar-refractivity contribution in [2.75, 3.05) is 13.1 Å². The highest BCUT2D eigenvalue weighted by molar-refractivity contribution is 5.79. The van der Waals surface area contributed by atoms with Gasteiger partial charge in [0.1, 0.15) is 5.82 Å². The standard InChI is InChI=1S/C19H23N5O2/c1-11-3-4-15-16(9-11)21-18(20-15)13-5-7-24(8-6-13)17(25)10-14-12(2)22-23-19(14)26/h3-4,9,13H,5-8,10H2,1-2H3,(H,20,21)(H2,22,23,26). The molecule has 1 aliphatic heterocycles. The molecule has 1 aliphatic rings. The second kappa shape index (κ2) is 6.48. The van der Waals surface area contributed by atoms with Gasteiger partial charge in [0.15, 0.2) is 0 Å². The maximum Gasteiger partial charge on any atom is 0.267 e. The summed E-state index contributed by atoms with van der Waals surface area (Å²) >= 11 is 0. The molecule has 1 saturated heterocycles. The first-order valence-electron chi connectivity index (χ1n) is 9.01. The number of aromatic amines is 3. The first-order valence-corrected chi connectivity index (χ1v) is 9.01. The molecule has 7 nitrogen and oxygen atoms in total. The van der Waals surface area contributed by atoms with Crippen molar-refractivity contribution in [1.82, 2.24) is 25.1 Å². The number of aromatic nitrogens is 4. The van der Waals surface area contributed by atoms with Gasteiger partial charge in [0.2, 0.25) is 5.91 Å². The number of imidazole rings is 1. The van der Waals surface area contributed by atoms with Gasteiger partial charge in [-0.3, -0.25) is 14.7 Å². The molecule has 3 N–H and O–H groups in total. The fraction of sp³-hybridized carbons (Fsp3) is 0.421. The van der Waals surface area contributed by atoms with Gasteiger partial charge in [0, 0.05) is 30.3 Å². The Bertz CT molecular complexity index is 1000. The molecule has 1 fully saturated rings. The van der Waals surface area contributed by atoms with E-state index in [9.17, 15) is 9.59 Å². The summed E-state index contributed by atoms with van der Waals surface area (Å²) in [5, 5.41) is 5.30. The van der Waals surface area contributed by atoms with Crippen LogP contribution in [0.25, 0.3) is 11.0 Å². The van der Waals surface area contributed by atoms with Gasteiger partial charge in [-0.2, -0.15) is 0 Å². The summed E-state index contributed by atoms with van der Waals surface area (Å²) < 4.78 is 0. The summed E-state index contributed by atoms with van der Waals surface area (Å²) in [6, 6.07) is 6.22. The van der Waals surface area contributed by atoms with Crippen LogP contribution in [0.4, 0.5) is 0 Å². The predicted molar refractivity (Wildman–Crippen MR) is 99.2 cm³/mol. The van der Waals surface area contributed by atoms with Gasteiger partial charge in [-0.25, -0.2) is 4.98 Å². The molecule has 7 heteroatoms. The van der Waals surface area contributed by atoms with E-state index in [0.29, 0.717) is 24.6 Å². The molecular weight excluding hydrogens is 330 g/mol. The van der Waals surface area contributed by atoms with E-state index in [0.717, 1.165) is 35.4 Å². The van der Waals surface area contributed by atoms with Crippen molar-refractivity contribution in [3.8, 4) is 0 Å². The van der Waals surface area contributed by atoms with Crippen molar-refractivity contribution in [1.29, 1.82) is 0 Å². The average molecular weight is 353 g/mol. The fourth-order valence-electron chi connectivity index (χ4n) is 3.69. The largest absolute Gasteiger partial charge is 0.342 e. The third-order valence-electron chi connectivity index (χ3n) is 5.31. The zero-order valence-electron chi connectivity index (χ0n) is 15.1. The Balaban J connectivity index is 1.41. The second-order valence-corrected chi connectivity index (χ2v) is 7.16. The van der Waals surface area contributed by atoms with E-state index in [1.54, 1.807) is 6.92 Å². The van der Waals surface area contributed by atoms with Crippen molar-refractivity contribution in [2.45, 2.75) is 39.0 Å². The number of hydrogen-bond acceptors (Lipinski definition) is 3. The summed E-state index contributed by atoms with van der Waals surface area (Å²) in [6.07, 6.45) is 1.92. The number of benzene rings is 1. The minimum atomic E-state index is -0.205. The molecule has 0 unspecified atom stereocenters. The molecule has 0 saturated carbocycles. The van der Waals surface area contributed by atoms with Crippen LogP contribution >= 0.6 is 0 Å². The van der Waals surface area contributed by atoms with Crippen LogP contribution < -0.4 is 5.56 Å². The van der Waals surface area contributed by atoms with Gasteiger partial charge in [0.25, 0.3) is 5.56 Å². The molecule has 0 atom stereocenters. The van der Waals surface area contributed by atoms with Crippen LogP contribution in [0.2, 0.25) is 0 Å². The lowest BCUT2D eigenvalue weighted by Crippen LogP contribution is -2.39. The van der Waals surface area contributed by atoms with Crippen molar-refractivity contribution < 1.29 is 4.79 Å². The lowest BCUT2D eigenvalue weighted by molar-refractivity contribution is -0.131. The van der Waals surface area contributed by atoms with Crippen molar-refractivity contribution in [3.63, 3.8) is 0 Å². The van der Waals surface area contributed by atoms with E-state index in [1.807, 2.05) is 11.0 Å². The van der Waals surface area contributed by atoms with Crippen molar-refractivity contribution in [2.24, 2.45) is 0 Å². The van der Waals surface area contributed by atoms with Gasteiger partial charge in [0.05, 0.1) is 17.5 Å². The van der Waals surface area contributed by atoms with Crippen molar-refractivity contribution in [3.05, 3.63) is 51.2 Å². The number of likely N-dealkylation sites (tertiary alicyclic amines) is 1. The Hall–Kier alpha value is -2.83. The van der Waals surface area contributed by atoms with Gasteiger partial charge >= 0.3 is 0 Å². The molecule has 4 rings (SSSR count). The van der Waals surface area contributed by atoms with Gasteiger partial charge in [-0.1, -0.05) is 6.07 Å². The Morgan fingerprint density at radius 1 is 1.23 bits per heavy atom. The van der Waals surface area contributed by atoms with Crippen LogP contribution in [0.1, 0.15) is 41.4 Å². The first-order chi connectivity index (χ1) is 12.5. The maximum absolute atomic E-state index is 12.5. The molecule has 3 aromatic rings. The molecule has 0 spiro atoms. The molecule has 2 aromatic heterocycles. The molecule has 1 amide bonds. The second-order valence-electron chi connectivity index (χ2n) is 7.16. The normalized spacial score (nSPS) is 15.7. The third-order valence-corrected chi connectivity index (χ3v) is 5.31. The first kappa shape index (κ1) is 16.6. The Morgan fingerprint density at radius 2 is 2.00 bits per heavy atom. The number of aryl methyl sites for hydroxylation is 2. The number of nitrogens with zero attached hydrogens (tertiary/aromatic N) is 2. The molecule has 1 aromatic carbocycles. The highest BCUT2D eigenvalue weighted by atomic mass is 16.2. The number of carbonyl (C=O) groups is 1. The summed E-state index contributed by atoms with van der Waals surface area (Å²) in [5.74, 6) is 1.36. The SMILES string of the molecule is Cc1ccc2nc(C3CCN(C(=O)Cc4c(C)[nH][nH]c4=O)CC3)[nH]c2c1. The van der Waals surface area contributed by atoms with E-state index in [4.69, 9.17) is 4.98 Å². The molecule has 0 radical (unpaired) electrons. The summed E-state index contributed by atoms with van der Waals surface area (Å²) in [4.78, 5) is 34.3. The lowest BCUT2D eigenvalue weighted by Gasteiger charge is -2.31. The highest BCUT2D eigenvalue weighted by Crippen LogP contribution is 2.28. The van der Waals surface area contributed by atoms with Crippen LogP contribution in [0.3, 0.4) is 0 Å². The Morgan fingerprint density at radius 3 is 2.69 bits per heavy atom. The molecule has 0 aliphatic carbocycles. The number of hydrogen-bond donors (Lipinski definition) is 3. The number of rotatable bonds is 3. The Labute approximate surface area is 150 Å². The molecule has 0 bridgehead atoms. The van der Waals surface area contributed by atoms with Crippen LogP contribution in [0.5, 0.6) is 0 Å². The van der Waals surface area contributed by atoms with Gasteiger partial charge in [-0.05, 0) is 44.4 Å². The van der Waals surface area contributed by atoms with E-state index in [-0.39, 0.29) is 17.9 Å². The summed E-state index contributed by atoms with van der Waals surface area (Å²) in [5.41, 5.74) is 4.33. The Kier molecular flexibility index (Phi) is 4.14. The summed E-state index contributed by atoms with van der Waals surface area (Å²) in [6.45, 7) is 5.26. The van der Waals surface area contributed by atoms with E-state index in [1.165, 1.54) is 5.56 Å². The predicted octanol–water partition coefficient (Wildman–Crippen LogP) is 2.14. The third kappa shape index (κ3) is 3.05. The average Bonchev–Trinajstić information content (AvgIpc) is 3.19. The van der Waals surface area contributed by atoms with Crippen molar-refractivity contribution >= 4 is 16.9 Å². The maximum atomic E-state index is 12.5. The summed E-state index contributed by atoms with van der Waals surface area (Å²) in [7, 11) is 0. The van der Waals surface area contributed by atoms with E-state index < -0.39 is 0 Å². The topological polar surface area (TPSA) is 97.6 Å². The zero-order valence-corrected chi connectivity index (χ0v) is 15.1.